The van der Waals surface area contributed by atoms with Crippen molar-refractivity contribution in [3.63, 3.8) is 0 Å². The van der Waals surface area contributed by atoms with Crippen molar-refractivity contribution in [2.45, 2.75) is 19.8 Å². The van der Waals surface area contributed by atoms with Crippen LogP contribution in [0.4, 0.5) is 13.2 Å². The van der Waals surface area contributed by atoms with Crippen molar-refractivity contribution in [1.29, 1.82) is 0 Å². The molecule has 0 atom stereocenters. The Bertz CT molecular complexity index is 1170. The van der Waals surface area contributed by atoms with Gasteiger partial charge in [0.15, 0.2) is 11.6 Å². The highest BCUT2D eigenvalue weighted by atomic mass is 19.2. The molecule has 0 N–H and O–H groups in total. The second-order valence-electron chi connectivity index (χ2n) is 7.19. The Morgan fingerprint density at radius 1 is 0.774 bits per heavy atom. The van der Waals surface area contributed by atoms with Crippen molar-refractivity contribution < 1.29 is 22.3 Å². The molecule has 0 spiro atoms. The fourth-order valence-corrected chi connectivity index (χ4v) is 3.37. The van der Waals surface area contributed by atoms with E-state index in [1.807, 2.05) is 25.1 Å². The molecule has 0 aliphatic heterocycles. The predicted octanol–water partition coefficient (Wildman–Crippen LogP) is 7.88. The highest BCUT2D eigenvalue weighted by Crippen LogP contribution is 2.33. The van der Waals surface area contributed by atoms with Gasteiger partial charge in [-0.15, -0.1) is 0 Å². The molecule has 158 valence electrons. The predicted molar refractivity (Wildman–Crippen MR) is 115 cm³/mol. The van der Waals surface area contributed by atoms with E-state index in [0.29, 0.717) is 17.7 Å². The van der Waals surface area contributed by atoms with Gasteiger partial charge in [-0.25, -0.2) is 8.78 Å². The van der Waals surface area contributed by atoms with Crippen LogP contribution in [0.25, 0.3) is 33.6 Å². The second-order valence-corrected chi connectivity index (χ2v) is 7.19. The van der Waals surface area contributed by atoms with Gasteiger partial charge in [-0.1, -0.05) is 49.7 Å². The van der Waals surface area contributed by atoms with E-state index in [2.05, 4.69) is 0 Å². The van der Waals surface area contributed by atoms with Crippen molar-refractivity contribution >= 4 is 0 Å². The molecule has 0 amide bonds. The lowest BCUT2D eigenvalue weighted by Gasteiger charge is -2.11. The van der Waals surface area contributed by atoms with Crippen LogP contribution in [0.3, 0.4) is 0 Å². The van der Waals surface area contributed by atoms with Crippen LogP contribution in [0.1, 0.15) is 19.8 Å². The standard InChI is InChI=1S/C26H21F3O2/c1-2-3-14-31-24-13-12-21(25(28)26(24)29)19-10-11-20(22(27)16-19)17-6-8-18(9-7-17)23-5-4-15-30-23/h4-13,15-16H,2-3,14H2,1H3. The summed E-state index contributed by atoms with van der Waals surface area (Å²) in [7, 11) is 0. The minimum absolute atomic E-state index is 0.0149. The molecule has 0 aliphatic rings. The van der Waals surface area contributed by atoms with Crippen LogP contribution in [0.15, 0.2) is 77.4 Å². The van der Waals surface area contributed by atoms with Gasteiger partial charge in [0, 0.05) is 16.7 Å². The Hall–Kier alpha value is -3.47. The third kappa shape index (κ3) is 4.36. The summed E-state index contributed by atoms with van der Waals surface area (Å²) in [4.78, 5) is 0. The molecule has 0 radical (unpaired) electrons. The number of benzene rings is 3. The molecule has 0 unspecified atom stereocenters. The second kappa shape index (κ2) is 9.13. The fourth-order valence-electron chi connectivity index (χ4n) is 3.37. The van der Waals surface area contributed by atoms with E-state index in [4.69, 9.17) is 9.15 Å². The van der Waals surface area contributed by atoms with Crippen molar-refractivity contribution in [2.75, 3.05) is 6.61 Å². The Labute approximate surface area is 178 Å². The van der Waals surface area contributed by atoms with E-state index in [9.17, 15) is 13.2 Å². The van der Waals surface area contributed by atoms with Gasteiger partial charge in [0.1, 0.15) is 11.6 Å². The first-order valence-electron chi connectivity index (χ1n) is 10.1. The molecule has 0 aliphatic carbocycles. The molecular weight excluding hydrogens is 401 g/mol. The molecular formula is C26H21F3O2. The van der Waals surface area contributed by atoms with E-state index in [1.165, 1.54) is 18.2 Å². The van der Waals surface area contributed by atoms with Gasteiger partial charge in [0.2, 0.25) is 5.82 Å². The monoisotopic (exact) mass is 422 g/mol. The molecule has 4 rings (SSSR count). The first kappa shape index (κ1) is 20.8. The number of hydrogen-bond donors (Lipinski definition) is 0. The maximum atomic E-state index is 14.9. The first-order chi connectivity index (χ1) is 15.1. The SMILES string of the molecule is CCCCOc1ccc(-c2ccc(-c3ccc(-c4ccco4)cc3)c(F)c2)c(F)c1F. The van der Waals surface area contributed by atoms with Crippen molar-refractivity contribution in [2.24, 2.45) is 0 Å². The zero-order chi connectivity index (χ0) is 21.8. The lowest BCUT2D eigenvalue weighted by Crippen LogP contribution is -2.01. The zero-order valence-corrected chi connectivity index (χ0v) is 17.0. The van der Waals surface area contributed by atoms with Crippen molar-refractivity contribution in [1.82, 2.24) is 0 Å². The minimum Gasteiger partial charge on any atom is -0.490 e. The first-order valence-corrected chi connectivity index (χ1v) is 10.1. The van der Waals surface area contributed by atoms with E-state index >= 15 is 0 Å². The third-order valence-corrected chi connectivity index (χ3v) is 5.08. The van der Waals surface area contributed by atoms with E-state index < -0.39 is 17.5 Å². The van der Waals surface area contributed by atoms with Gasteiger partial charge >= 0.3 is 0 Å². The molecule has 1 heterocycles. The normalized spacial score (nSPS) is 11.0. The summed E-state index contributed by atoms with van der Waals surface area (Å²) in [6.45, 7) is 2.29. The highest BCUT2D eigenvalue weighted by Gasteiger charge is 2.17. The van der Waals surface area contributed by atoms with Crippen LogP contribution >= 0.6 is 0 Å². The quantitative estimate of drug-likeness (QED) is 0.283. The molecule has 31 heavy (non-hydrogen) atoms. The fraction of sp³-hybridized carbons (Fsp3) is 0.154. The van der Waals surface area contributed by atoms with Gasteiger partial charge in [0.05, 0.1) is 12.9 Å². The van der Waals surface area contributed by atoms with Crippen LogP contribution in [0.2, 0.25) is 0 Å². The van der Waals surface area contributed by atoms with Crippen LogP contribution < -0.4 is 4.74 Å². The Morgan fingerprint density at radius 2 is 1.48 bits per heavy atom. The average molecular weight is 422 g/mol. The molecule has 3 aromatic carbocycles. The molecule has 1 aromatic heterocycles. The smallest absolute Gasteiger partial charge is 0.201 e. The summed E-state index contributed by atoms with van der Waals surface area (Å²) in [5.74, 6) is -2.05. The molecule has 4 aromatic rings. The third-order valence-electron chi connectivity index (χ3n) is 5.08. The summed E-state index contributed by atoms with van der Waals surface area (Å²) < 4.78 is 54.5. The van der Waals surface area contributed by atoms with Gasteiger partial charge in [0.25, 0.3) is 0 Å². The zero-order valence-electron chi connectivity index (χ0n) is 17.0. The minimum atomic E-state index is -1.06. The summed E-state index contributed by atoms with van der Waals surface area (Å²) in [5.41, 5.74) is 2.16. The maximum absolute atomic E-state index is 14.9. The van der Waals surface area contributed by atoms with E-state index in [1.54, 1.807) is 36.6 Å². The van der Waals surface area contributed by atoms with Crippen LogP contribution in [0.5, 0.6) is 5.75 Å². The number of rotatable bonds is 7. The topological polar surface area (TPSA) is 22.4 Å². The van der Waals surface area contributed by atoms with Gasteiger partial charge in [-0.3, -0.25) is 0 Å². The lowest BCUT2D eigenvalue weighted by molar-refractivity contribution is 0.289. The molecule has 5 heteroatoms. The van der Waals surface area contributed by atoms with Crippen molar-refractivity contribution in [3.05, 3.63) is 90.4 Å². The average Bonchev–Trinajstić information content (AvgIpc) is 3.32. The Kier molecular flexibility index (Phi) is 6.12. The summed E-state index contributed by atoms with van der Waals surface area (Å²) in [6, 6.07) is 18.1. The molecule has 0 bridgehead atoms. The summed E-state index contributed by atoms with van der Waals surface area (Å²) >= 11 is 0. The van der Waals surface area contributed by atoms with Crippen LogP contribution in [-0.4, -0.2) is 6.61 Å². The molecule has 2 nitrogen and oxygen atoms in total. The summed E-state index contributed by atoms with van der Waals surface area (Å²) in [5, 5.41) is 0. The maximum Gasteiger partial charge on any atom is 0.201 e. The number of unbranched alkanes of at least 4 members (excludes halogenated alkanes) is 1. The van der Waals surface area contributed by atoms with Gasteiger partial charge < -0.3 is 9.15 Å². The Morgan fingerprint density at radius 3 is 2.16 bits per heavy atom. The van der Waals surface area contributed by atoms with Crippen LogP contribution in [0, 0.1) is 17.5 Å². The molecule has 0 fully saturated rings. The van der Waals surface area contributed by atoms with E-state index in [0.717, 1.165) is 24.2 Å². The van der Waals surface area contributed by atoms with Gasteiger partial charge in [-0.05, 0) is 47.9 Å². The number of ether oxygens (including phenoxy) is 1. The Balaban J connectivity index is 1.60. The number of hydrogen-bond acceptors (Lipinski definition) is 2. The number of halogens is 3. The molecule has 0 saturated carbocycles. The van der Waals surface area contributed by atoms with Crippen molar-refractivity contribution in [3.8, 4) is 39.3 Å². The van der Waals surface area contributed by atoms with E-state index in [-0.39, 0.29) is 16.9 Å². The molecule has 0 saturated heterocycles. The largest absolute Gasteiger partial charge is 0.490 e. The summed E-state index contributed by atoms with van der Waals surface area (Å²) in [6.07, 6.45) is 3.23. The van der Waals surface area contributed by atoms with Gasteiger partial charge in [-0.2, -0.15) is 4.39 Å². The number of furan rings is 1. The lowest BCUT2D eigenvalue weighted by atomic mass is 9.98. The van der Waals surface area contributed by atoms with Crippen LogP contribution in [-0.2, 0) is 0 Å². The highest BCUT2D eigenvalue weighted by molar-refractivity contribution is 5.73.